The van der Waals surface area contributed by atoms with Crippen LogP contribution >= 0.6 is 0 Å². The highest BCUT2D eigenvalue weighted by Crippen LogP contribution is 2.32. The van der Waals surface area contributed by atoms with Crippen molar-refractivity contribution in [2.75, 3.05) is 13.7 Å². The lowest BCUT2D eigenvalue weighted by Crippen LogP contribution is -2.07. The summed E-state index contributed by atoms with van der Waals surface area (Å²) in [5, 5.41) is 0. The minimum Gasteiger partial charge on any atom is -0.496 e. The summed E-state index contributed by atoms with van der Waals surface area (Å²) in [5.74, 6) is -0.542. The second-order valence-electron chi connectivity index (χ2n) is 5.18. The third-order valence-corrected chi connectivity index (χ3v) is 3.72. The van der Waals surface area contributed by atoms with E-state index in [4.69, 9.17) is 10.5 Å². The minimum absolute atomic E-state index is 0.404. The number of halogens is 2. The number of imidazole rings is 1. The molecule has 120 valence electrons. The highest BCUT2D eigenvalue weighted by atomic mass is 19.2. The van der Waals surface area contributed by atoms with Gasteiger partial charge in [-0.2, -0.15) is 0 Å². The predicted octanol–water partition coefficient (Wildman–Crippen LogP) is 3.34. The molecule has 0 fully saturated rings. The number of ether oxygens (including phenoxy) is 1. The lowest BCUT2D eigenvalue weighted by atomic mass is 10.2. The minimum atomic E-state index is -0.910. The third kappa shape index (κ3) is 2.77. The summed E-state index contributed by atoms with van der Waals surface area (Å²) < 4.78 is 34.4. The van der Waals surface area contributed by atoms with Crippen LogP contribution in [0.4, 0.5) is 8.78 Å². The van der Waals surface area contributed by atoms with Gasteiger partial charge in [0.05, 0.1) is 23.7 Å². The number of aromatic nitrogens is 2. The van der Waals surface area contributed by atoms with Crippen LogP contribution < -0.4 is 10.5 Å². The van der Waals surface area contributed by atoms with Crippen molar-refractivity contribution in [3.63, 3.8) is 0 Å². The zero-order valence-corrected chi connectivity index (χ0v) is 12.7. The van der Waals surface area contributed by atoms with Gasteiger partial charge in [-0.3, -0.25) is 0 Å². The summed E-state index contributed by atoms with van der Waals surface area (Å²) in [6, 6.07) is 9.70. The molecule has 2 aromatic carbocycles. The summed E-state index contributed by atoms with van der Waals surface area (Å²) in [5.41, 5.74) is 7.31. The maximum Gasteiger partial charge on any atom is 0.161 e. The van der Waals surface area contributed by atoms with Crippen LogP contribution in [-0.4, -0.2) is 23.2 Å². The van der Waals surface area contributed by atoms with E-state index in [0.717, 1.165) is 11.6 Å². The van der Waals surface area contributed by atoms with E-state index >= 15 is 0 Å². The molecule has 0 spiro atoms. The number of para-hydroxylation sites is 1. The van der Waals surface area contributed by atoms with Gasteiger partial charge in [-0.25, -0.2) is 13.8 Å². The van der Waals surface area contributed by atoms with Crippen LogP contribution in [0.1, 0.15) is 6.42 Å². The van der Waals surface area contributed by atoms with Crippen molar-refractivity contribution in [2.45, 2.75) is 13.0 Å². The lowest BCUT2D eigenvalue weighted by molar-refractivity contribution is 0.416. The van der Waals surface area contributed by atoms with Crippen molar-refractivity contribution in [3.05, 3.63) is 48.0 Å². The molecule has 23 heavy (non-hydrogen) atoms. The predicted molar refractivity (Wildman–Crippen MR) is 85.3 cm³/mol. The van der Waals surface area contributed by atoms with Crippen molar-refractivity contribution in [1.29, 1.82) is 0 Å². The molecule has 4 nitrogen and oxygen atoms in total. The van der Waals surface area contributed by atoms with E-state index in [1.54, 1.807) is 7.11 Å². The van der Waals surface area contributed by atoms with Gasteiger partial charge in [0.25, 0.3) is 0 Å². The molecule has 0 bridgehead atoms. The maximum absolute atomic E-state index is 13.6. The first-order valence-corrected chi connectivity index (χ1v) is 7.34. The molecule has 6 heteroatoms. The van der Waals surface area contributed by atoms with Crippen molar-refractivity contribution in [1.82, 2.24) is 9.55 Å². The molecule has 0 saturated carbocycles. The Balaban J connectivity index is 2.26. The Bertz CT molecular complexity index is 845. The first kappa shape index (κ1) is 15.4. The van der Waals surface area contributed by atoms with E-state index in [0.29, 0.717) is 42.1 Å². The normalized spacial score (nSPS) is 11.1. The molecule has 3 aromatic rings. The van der Waals surface area contributed by atoms with E-state index < -0.39 is 11.6 Å². The zero-order valence-electron chi connectivity index (χ0n) is 12.7. The Morgan fingerprint density at radius 1 is 1.17 bits per heavy atom. The average molecular weight is 317 g/mol. The highest BCUT2D eigenvalue weighted by Gasteiger charge is 2.17. The fourth-order valence-corrected chi connectivity index (χ4v) is 2.63. The number of hydrogen-bond donors (Lipinski definition) is 1. The number of rotatable bonds is 5. The summed E-state index contributed by atoms with van der Waals surface area (Å²) in [6.07, 6.45) is 0.701. The van der Waals surface area contributed by atoms with Crippen LogP contribution in [0.25, 0.3) is 22.4 Å². The van der Waals surface area contributed by atoms with Gasteiger partial charge >= 0.3 is 0 Å². The van der Waals surface area contributed by atoms with Crippen LogP contribution in [0.2, 0.25) is 0 Å². The van der Waals surface area contributed by atoms with Gasteiger partial charge in [-0.15, -0.1) is 0 Å². The number of hydrogen-bond acceptors (Lipinski definition) is 3. The van der Waals surface area contributed by atoms with Crippen LogP contribution in [0.3, 0.4) is 0 Å². The largest absolute Gasteiger partial charge is 0.496 e. The Morgan fingerprint density at radius 2 is 1.91 bits per heavy atom. The Kier molecular flexibility index (Phi) is 4.25. The van der Waals surface area contributed by atoms with E-state index in [-0.39, 0.29) is 0 Å². The first-order chi connectivity index (χ1) is 11.2. The number of benzene rings is 2. The number of nitrogens with zero attached hydrogens (tertiary/aromatic N) is 2. The molecule has 0 unspecified atom stereocenters. The maximum atomic E-state index is 13.6. The van der Waals surface area contributed by atoms with Gasteiger partial charge in [0, 0.05) is 18.7 Å². The summed E-state index contributed by atoms with van der Waals surface area (Å²) in [4.78, 5) is 4.48. The van der Waals surface area contributed by atoms with E-state index in [2.05, 4.69) is 4.98 Å². The topological polar surface area (TPSA) is 53.1 Å². The van der Waals surface area contributed by atoms with E-state index in [9.17, 15) is 8.78 Å². The zero-order chi connectivity index (χ0) is 16.4. The van der Waals surface area contributed by atoms with Gasteiger partial charge in [-0.1, -0.05) is 12.1 Å². The smallest absolute Gasteiger partial charge is 0.161 e. The van der Waals surface area contributed by atoms with Crippen molar-refractivity contribution < 1.29 is 13.5 Å². The SMILES string of the molecule is COc1ccccc1-c1nc2cc(F)c(F)cc2n1CCCN. The van der Waals surface area contributed by atoms with Crippen molar-refractivity contribution in [3.8, 4) is 17.1 Å². The van der Waals surface area contributed by atoms with Crippen LogP contribution in [0, 0.1) is 11.6 Å². The van der Waals surface area contributed by atoms with Crippen molar-refractivity contribution >= 4 is 11.0 Å². The molecule has 0 aliphatic carbocycles. The number of methoxy groups -OCH3 is 1. The number of aryl methyl sites for hydroxylation is 1. The van der Waals surface area contributed by atoms with E-state index in [1.807, 2.05) is 28.8 Å². The molecular weight excluding hydrogens is 300 g/mol. The monoisotopic (exact) mass is 317 g/mol. The standard InChI is InChI=1S/C17H17F2N3O/c1-23-16-6-3-2-5-11(16)17-21-14-9-12(18)13(19)10-15(14)22(17)8-4-7-20/h2-3,5-6,9-10H,4,7-8,20H2,1H3. The molecule has 2 N–H and O–H groups in total. The molecule has 1 heterocycles. The second-order valence-corrected chi connectivity index (χ2v) is 5.18. The summed E-state index contributed by atoms with van der Waals surface area (Å²) in [7, 11) is 1.57. The quantitative estimate of drug-likeness (QED) is 0.785. The fraction of sp³-hybridized carbons (Fsp3) is 0.235. The van der Waals surface area contributed by atoms with Gasteiger partial charge in [0.15, 0.2) is 11.6 Å². The summed E-state index contributed by atoms with van der Waals surface area (Å²) in [6.45, 7) is 1.06. The van der Waals surface area contributed by atoms with E-state index in [1.165, 1.54) is 6.07 Å². The molecule has 0 saturated heterocycles. The van der Waals surface area contributed by atoms with Crippen LogP contribution in [-0.2, 0) is 6.54 Å². The third-order valence-electron chi connectivity index (χ3n) is 3.72. The Hall–Kier alpha value is -2.47. The molecule has 0 atom stereocenters. The Morgan fingerprint density at radius 3 is 2.65 bits per heavy atom. The van der Waals surface area contributed by atoms with Gasteiger partial charge in [0.1, 0.15) is 11.6 Å². The first-order valence-electron chi connectivity index (χ1n) is 7.34. The van der Waals surface area contributed by atoms with Crippen LogP contribution in [0.5, 0.6) is 5.75 Å². The lowest BCUT2D eigenvalue weighted by Gasteiger charge is -2.11. The summed E-state index contributed by atoms with van der Waals surface area (Å²) >= 11 is 0. The highest BCUT2D eigenvalue weighted by molar-refractivity contribution is 5.82. The van der Waals surface area contributed by atoms with Gasteiger partial charge in [0.2, 0.25) is 0 Å². The second kappa shape index (κ2) is 6.34. The molecule has 3 rings (SSSR count). The molecule has 0 aliphatic rings. The van der Waals surface area contributed by atoms with Crippen molar-refractivity contribution in [2.24, 2.45) is 5.73 Å². The molecular formula is C17H17F2N3O. The van der Waals surface area contributed by atoms with Crippen LogP contribution in [0.15, 0.2) is 36.4 Å². The number of fused-ring (bicyclic) bond motifs is 1. The van der Waals surface area contributed by atoms with Gasteiger partial charge in [-0.05, 0) is 25.1 Å². The molecule has 0 aliphatic heterocycles. The molecule has 1 aromatic heterocycles. The fourth-order valence-electron chi connectivity index (χ4n) is 2.63. The van der Waals surface area contributed by atoms with Gasteiger partial charge < -0.3 is 15.0 Å². The number of nitrogens with two attached hydrogens (primary N) is 1. The Labute approximate surface area is 132 Å². The molecule has 0 amide bonds. The average Bonchev–Trinajstić information content (AvgIpc) is 2.90. The molecule has 0 radical (unpaired) electrons.